The van der Waals surface area contributed by atoms with E-state index < -0.39 is 5.97 Å². The third-order valence-corrected chi connectivity index (χ3v) is 4.51. The molecule has 1 heterocycles. The zero-order valence-corrected chi connectivity index (χ0v) is 13.3. The van der Waals surface area contributed by atoms with Crippen LogP contribution in [-0.2, 0) is 0 Å². The van der Waals surface area contributed by atoms with Crippen LogP contribution in [0.25, 0.3) is 0 Å². The summed E-state index contributed by atoms with van der Waals surface area (Å²) >= 11 is 0. The molecule has 1 aliphatic carbocycles. The Morgan fingerprint density at radius 2 is 2.00 bits per heavy atom. The van der Waals surface area contributed by atoms with Gasteiger partial charge in [-0.1, -0.05) is 26.7 Å². The molecule has 118 valence electrons. The van der Waals surface area contributed by atoms with Gasteiger partial charge in [-0.3, -0.25) is 4.90 Å². The lowest BCUT2D eigenvalue weighted by atomic mass is 10.1. The maximum absolute atomic E-state index is 11.0. The number of furan rings is 1. The zero-order valence-electron chi connectivity index (χ0n) is 13.3. The van der Waals surface area contributed by atoms with Gasteiger partial charge in [-0.15, -0.1) is 0 Å². The summed E-state index contributed by atoms with van der Waals surface area (Å²) in [6.07, 6.45) is 6.25. The van der Waals surface area contributed by atoms with E-state index in [1.165, 1.54) is 25.7 Å². The quantitative estimate of drug-likeness (QED) is 0.813. The van der Waals surface area contributed by atoms with E-state index in [9.17, 15) is 4.79 Å². The summed E-state index contributed by atoms with van der Waals surface area (Å²) in [5.74, 6) is 0.477. The number of hydrogen-bond donors (Lipinski definition) is 1. The minimum Gasteiger partial charge on any atom is -0.475 e. The molecular formula is C17H27NO3. The van der Waals surface area contributed by atoms with Gasteiger partial charge in [-0.25, -0.2) is 4.79 Å². The summed E-state index contributed by atoms with van der Waals surface area (Å²) in [4.78, 5) is 13.5. The molecule has 21 heavy (non-hydrogen) atoms. The Kier molecular flexibility index (Phi) is 5.45. The van der Waals surface area contributed by atoms with E-state index in [1.807, 2.05) is 6.07 Å². The van der Waals surface area contributed by atoms with E-state index in [0.717, 1.165) is 18.7 Å². The molecule has 4 nitrogen and oxygen atoms in total. The summed E-state index contributed by atoms with van der Waals surface area (Å²) in [5, 5.41) is 9.00. The molecule has 4 heteroatoms. The maximum Gasteiger partial charge on any atom is 0.371 e. The van der Waals surface area contributed by atoms with Gasteiger partial charge in [0.15, 0.2) is 0 Å². The molecule has 1 aromatic rings. The van der Waals surface area contributed by atoms with Crippen molar-refractivity contribution in [1.29, 1.82) is 0 Å². The van der Waals surface area contributed by atoms with Crippen LogP contribution in [-0.4, -0.2) is 28.6 Å². The molecule has 1 unspecified atom stereocenters. The lowest BCUT2D eigenvalue weighted by molar-refractivity contribution is 0.0651. The van der Waals surface area contributed by atoms with Crippen LogP contribution in [0.1, 0.15) is 75.2 Å². The lowest BCUT2D eigenvalue weighted by Gasteiger charge is -2.34. The Hall–Kier alpha value is -1.29. The van der Waals surface area contributed by atoms with Gasteiger partial charge in [0, 0.05) is 6.04 Å². The van der Waals surface area contributed by atoms with Gasteiger partial charge in [0.2, 0.25) is 5.76 Å². The molecule has 0 amide bonds. The summed E-state index contributed by atoms with van der Waals surface area (Å²) in [5.41, 5.74) is 0. The van der Waals surface area contributed by atoms with Gasteiger partial charge in [-0.05, 0) is 50.8 Å². The normalized spacial score (nSPS) is 17.8. The highest BCUT2D eigenvalue weighted by Crippen LogP contribution is 2.32. The first-order valence-corrected chi connectivity index (χ1v) is 8.07. The van der Waals surface area contributed by atoms with Crippen LogP contribution in [0.5, 0.6) is 0 Å². The van der Waals surface area contributed by atoms with E-state index in [2.05, 4.69) is 25.7 Å². The van der Waals surface area contributed by atoms with Gasteiger partial charge in [0.25, 0.3) is 0 Å². The number of rotatable bonds is 7. The molecule has 1 aromatic heterocycles. The van der Waals surface area contributed by atoms with Crippen LogP contribution >= 0.6 is 0 Å². The summed E-state index contributed by atoms with van der Waals surface area (Å²) in [7, 11) is 0. The van der Waals surface area contributed by atoms with Crippen molar-refractivity contribution in [1.82, 2.24) is 4.90 Å². The first-order chi connectivity index (χ1) is 9.99. The Morgan fingerprint density at radius 3 is 2.52 bits per heavy atom. The highest BCUT2D eigenvalue weighted by atomic mass is 16.4. The third kappa shape index (κ3) is 4.10. The van der Waals surface area contributed by atoms with Crippen LogP contribution in [0.2, 0.25) is 0 Å². The van der Waals surface area contributed by atoms with Gasteiger partial charge in [-0.2, -0.15) is 0 Å². The van der Waals surface area contributed by atoms with Crippen LogP contribution in [0, 0.1) is 5.92 Å². The molecule has 1 N–H and O–H groups in total. The number of carbonyl (C=O) groups is 1. The molecule has 0 saturated heterocycles. The van der Waals surface area contributed by atoms with E-state index in [4.69, 9.17) is 9.52 Å². The fourth-order valence-electron chi connectivity index (χ4n) is 3.19. The number of carboxylic acid groups (broad SMARTS) is 1. The molecule has 0 aromatic carbocycles. The Balaban J connectivity index is 2.11. The molecule has 0 radical (unpaired) electrons. The van der Waals surface area contributed by atoms with Crippen LogP contribution in [0.15, 0.2) is 16.5 Å². The molecule has 1 fully saturated rings. The fourth-order valence-corrected chi connectivity index (χ4v) is 3.19. The molecule has 0 spiro atoms. The molecule has 2 rings (SSSR count). The van der Waals surface area contributed by atoms with Gasteiger partial charge in [0.05, 0.1) is 6.04 Å². The van der Waals surface area contributed by atoms with Crippen molar-refractivity contribution >= 4 is 5.97 Å². The van der Waals surface area contributed by atoms with Crippen molar-refractivity contribution in [2.45, 2.75) is 65.0 Å². The van der Waals surface area contributed by atoms with E-state index in [1.54, 1.807) is 6.07 Å². The molecule has 1 aliphatic rings. The SMILES string of the molecule is CC(C)CCN(C1CCCC1)C(C)c1ccc(C(=O)O)o1. The van der Waals surface area contributed by atoms with Crippen molar-refractivity contribution in [2.24, 2.45) is 5.92 Å². The highest BCUT2D eigenvalue weighted by molar-refractivity contribution is 5.84. The predicted molar refractivity (Wildman–Crippen MR) is 82.5 cm³/mol. The van der Waals surface area contributed by atoms with Crippen molar-refractivity contribution in [3.05, 3.63) is 23.7 Å². The average Bonchev–Trinajstić information content (AvgIpc) is 3.09. The van der Waals surface area contributed by atoms with E-state index in [-0.39, 0.29) is 11.8 Å². The Labute approximate surface area is 127 Å². The topological polar surface area (TPSA) is 53.7 Å². The largest absolute Gasteiger partial charge is 0.475 e. The lowest BCUT2D eigenvalue weighted by Crippen LogP contribution is -2.36. The minimum absolute atomic E-state index is 0.0343. The summed E-state index contributed by atoms with van der Waals surface area (Å²) < 4.78 is 5.51. The van der Waals surface area contributed by atoms with E-state index >= 15 is 0 Å². The van der Waals surface area contributed by atoms with Crippen molar-refractivity contribution in [3.63, 3.8) is 0 Å². The molecule has 0 bridgehead atoms. The monoisotopic (exact) mass is 293 g/mol. The molecule has 1 saturated carbocycles. The molecule has 0 aliphatic heterocycles. The van der Waals surface area contributed by atoms with E-state index in [0.29, 0.717) is 12.0 Å². The Bertz CT molecular complexity index is 460. The van der Waals surface area contributed by atoms with Crippen molar-refractivity contribution in [2.75, 3.05) is 6.54 Å². The smallest absolute Gasteiger partial charge is 0.371 e. The van der Waals surface area contributed by atoms with Gasteiger partial charge in [0.1, 0.15) is 5.76 Å². The summed E-state index contributed by atoms with van der Waals surface area (Å²) in [6, 6.07) is 4.12. The van der Waals surface area contributed by atoms with Crippen molar-refractivity contribution in [3.8, 4) is 0 Å². The zero-order chi connectivity index (χ0) is 15.4. The fraction of sp³-hybridized carbons (Fsp3) is 0.706. The van der Waals surface area contributed by atoms with Crippen LogP contribution in [0.3, 0.4) is 0 Å². The van der Waals surface area contributed by atoms with Gasteiger partial charge >= 0.3 is 5.97 Å². The average molecular weight is 293 g/mol. The predicted octanol–water partition coefficient (Wildman–Crippen LogP) is 4.33. The first kappa shape index (κ1) is 16.1. The Morgan fingerprint density at radius 1 is 1.33 bits per heavy atom. The second kappa shape index (κ2) is 7.12. The molecule has 1 atom stereocenters. The van der Waals surface area contributed by atoms with Gasteiger partial charge < -0.3 is 9.52 Å². The first-order valence-electron chi connectivity index (χ1n) is 8.07. The van der Waals surface area contributed by atoms with Crippen molar-refractivity contribution < 1.29 is 14.3 Å². The maximum atomic E-state index is 11.0. The second-order valence-electron chi connectivity index (χ2n) is 6.54. The standard InChI is InChI=1S/C17H27NO3/c1-12(2)10-11-18(14-6-4-5-7-14)13(3)15-8-9-16(21-15)17(19)20/h8-9,12-14H,4-7,10-11H2,1-3H3,(H,19,20). The third-order valence-electron chi connectivity index (χ3n) is 4.51. The summed E-state index contributed by atoms with van der Waals surface area (Å²) in [6.45, 7) is 7.66. The number of aromatic carboxylic acids is 1. The molecular weight excluding hydrogens is 266 g/mol. The minimum atomic E-state index is -0.997. The number of nitrogens with zero attached hydrogens (tertiary/aromatic N) is 1. The van der Waals surface area contributed by atoms with Crippen LogP contribution < -0.4 is 0 Å². The second-order valence-corrected chi connectivity index (χ2v) is 6.54. The number of carboxylic acids is 1. The number of hydrogen-bond acceptors (Lipinski definition) is 3. The highest BCUT2D eigenvalue weighted by Gasteiger charge is 2.29. The van der Waals surface area contributed by atoms with Crippen LogP contribution in [0.4, 0.5) is 0 Å².